The smallest absolute Gasteiger partial charge is 0.157 e. The molecule has 0 amide bonds. The Labute approximate surface area is 104 Å². The molecule has 2 unspecified atom stereocenters. The van der Waals surface area contributed by atoms with Gasteiger partial charge >= 0.3 is 0 Å². The fraction of sp³-hybridized carbons (Fsp3) is 0.917. The van der Waals surface area contributed by atoms with E-state index in [9.17, 15) is 0 Å². The summed E-state index contributed by atoms with van der Waals surface area (Å²) in [4.78, 5) is 6.98. The molecule has 0 saturated carbocycles. The monoisotopic (exact) mass is 243 g/mol. The number of hydrogen-bond acceptors (Lipinski definition) is 4. The van der Waals surface area contributed by atoms with Crippen molar-refractivity contribution in [1.29, 1.82) is 0 Å². The predicted octanol–water partition coefficient (Wildman–Crippen LogP) is 2.19. The molecule has 0 radical (unpaired) electrons. The Hall–Kier alpha value is -0.220. The lowest BCUT2D eigenvalue weighted by atomic mass is 10.3. The zero-order chi connectivity index (χ0) is 12.0. The molecule has 0 fully saturated rings. The highest BCUT2D eigenvalue weighted by atomic mass is 32.2. The van der Waals surface area contributed by atoms with E-state index in [0.29, 0.717) is 11.3 Å². The third-order valence-corrected chi connectivity index (χ3v) is 4.25. The van der Waals surface area contributed by atoms with Crippen molar-refractivity contribution < 1.29 is 0 Å². The number of amidine groups is 1. The minimum Gasteiger partial charge on any atom is -0.361 e. The summed E-state index contributed by atoms with van der Waals surface area (Å²) in [6.45, 7) is 13.2. The summed E-state index contributed by atoms with van der Waals surface area (Å²) in [6.07, 6.45) is 1.21. The van der Waals surface area contributed by atoms with Gasteiger partial charge in [0.2, 0.25) is 0 Å². The Morgan fingerprint density at radius 3 is 2.62 bits per heavy atom. The van der Waals surface area contributed by atoms with Crippen molar-refractivity contribution in [2.75, 3.05) is 26.2 Å². The molecule has 0 aromatic rings. The Morgan fingerprint density at radius 1 is 1.44 bits per heavy atom. The van der Waals surface area contributed by atoms with Gasteiger partial charge in [-0.15, -0.1) is 0 Å². The fourth-order valence-corrected chi connectivity index (χ4v) is 2.88. The van der Waals surface area contributed by atoms with Gasteiger partial charge in [0.15, 0.2) is 5.17 Å². The minimum absolute atomic E-state index is 0.488. The molecule has 1 N–H and O–H groups in total. The van der Waals surface area contributed by atoms with E-state index in [0.717, 1.165) is 31.3 Å². The molecule has 0 aromatic heterocycles. The molecule has 1 aliphatic heterocycles. The van der Waals surface area contributed by atoms with Crippen LogP contribution in [0, 0.1) is 0 Å². The van der Waals surface area contributed by atoms with Gasteiger partial charge in [0, 0.05) is 17.8 Å². The number of aliphatic imine (C=N–C) groups is 1. The number of hydrogen-bond donors (Lipinski definition) is 1. The van der Waals surface area contributed by atoms with Crippen molar-refractivity contribution in [3.63, 3.8) is 0 Å². The molecular formula is C12H25N3S. The van der Waals surface area contributed by atoms with Crippen LogP contribution in [0.25, 0.3) is 0 Å². The molecule has 0 spiro atoms. The zero-order valence-corrected chi connectivity index (χ0v) is 11.8. The molecule has 1 heterocycles. The van der Waals surface area contributed by atoms with E-state index >= 15 is 0 Å². The molecule has 1 rings (SSSR count). The van der Waals surface area contributed by atoms with Crippen LogP contribution in [0.3, 0.4) is 0 Å². The predicted molar refractivity (Wildman–Crippen MR) is 74.4 cm³/mol. The van der Waals surface area contributed by atoms with E-state index in [1.165, 1.54) is 6.42 Å². The van der Waals surface area contributed by atoms with Crippen molar-refractivity contribution >= 4 is 16.9 Å². The number of rotatable bonds is 6. The van der Waals surface area contributed by atoms with E-state index in [1.54, 1.807) is 0 Å². The first kappa shape index (κ1) is 13.8. The van der Waals surface area contributed by atoms with E-state index < -0.39 is 0 Å². The van der Waals surface area contributed by atoms with Gasteiger partial charge in [0.25, 0.3) is 0 Å². The van der Waals surface area contributed by atoms with Gasteiger partial charge in [-0.3, -0.25) is 4.99 Å². The van der Waals surface area contributed by atoms with Crippen LogP contribution in [0.2, 0.25) is 0 Å². The average Bonchev–Trinajstić information content (AvgIpc) is 2.73. The molecule has 0 aliphatic carbocycles. The first-order valence-electron chi connectivity index (χ1n) is 6.39. The molecule has 3 nitrogen and oxygen atoms in total. The summed E-state index contributed by atoms with van der Waals surface area (Å²) in [5.41, 5.74) is 0. The third kappa shape index (κ3) is 4.34. The van der Waals surface area contributed by atoms with E-state index in [4.69, 9.17) is 0 Å². The summed E-state index contributed by atoms with van der Waals surface area (Å²) in [6, 6.07) is 0.488. The highest BCUT2D eigenvalue weighted by Gasteiger charge is 2.19. The molecule has 0 bridgehead atoms. The number of nitrogens with one attached hydrogen (secondary N) is 1. The van der Waals surface area contributed by atoms with E-state index in [2.05, 4.69) is 42.9 Å². The molecule has 2 atom stereocenters. The average molecular weight is 243 g/mol. The van der Waals surface area contributed by atoms with Gasteiger partial charge in [0.05, 0.1) is 6.54 Å². The Kier molecular flexibility index (Phi) is 6.21. The third-order valence-electron chi connectivity index (χ3n) is 2.97. The number of likely N-dealkylation sites (N-methyl/N-ethyl adjacent to an activating group) is 1. The van der Waals surface area contributed by atoms with Crippen molar-refractivity contribution in [1.82, 2.24) is 10.2 Å². The van der Waals surface area contributed by atoms with Crippen LogP contribution in [-0.2, 0) is 0 Å². The normalized spacial score (nSPS) is 22.3. The first-order valence-corrected chi connectivity index (χ1v) is 7.27. The van der Waals surface area contributed by atoms with Crippen molar-refractivity contribution in [3.8, 4) is 0 Å². The summed E-state index contributed by atoms with van der Waals surface area (Å²) < 4.78 is 0. The van der Waals surface area contributed by atoms with Gasteiger partial charge in [-0.25, -0.2) is 0 Å². The van der Waals surface area contributed by atoms with Gasteiger partial charge < -0.3 is 10.2 Å². The second kappa shape index (κ2) is 7.17. The topological polar surface area (TPSA) is 27.6 Å². The maximum atomic E-state index is 4.54. The van der Waals surface area contributed by atoms with Crippen LogP contribution in [0.4, 0.5) is 0 Å². The van der Waals surface area contributed by atoms with E-state index in [1.807, 2.05) is 11.8 Å². The summed E-state index contributed by atoms with van der Waals surface area (Å²) >= 11 is 1.90. The standard InChI is InChI=1S/C12H25N3S/c1-5-11-8-13-12(16-11)14-10(4)9-15(6-2)7-3/h10-11H,5-9H2,1-4H3,(H,13,14). The van der Waals surface area contributed by atoms with Crippen LogP contribution >= 0.6 is 11.8 Å². The van der Waals surface area contributed by atoms with Crippen molar-refractivity contribution in [3.05, 3.63) is 0 Å². The van der Waals surface area contributed by atoms with Gasteiger partial charge in [-0.1, -0.05) is 32.5 Å². The highest BCUT2D eigenvalue weighted by molar-refractivity contribution is 8.14. The van der Waals surface area contributed by atoms with Crippen LogP contribution < -0.4 is 5.32 Å². The van der Waals surface area contributed by atoms with Gasteiger partial charge in [-0.05, 0) is 26.4 Å². The second-order valence-corrected chi connectivity index (χ2v) is 5.61. The Balaban J connectivity index is 2.27. The molecule has 0 aromatic carbocycles. The first-order chi connectivity index (χ1) is 7.69. The summed E-state index contributed by atoms with van der Waals surface area (Å²) in [7, 11) is 0. The minimum atomic E-state index is 0.488. The SMILES string of the molecule is CCC1CN=C(NC(C)CN(CC)CC)S1. The van der Waals surface area contributed by atoms with Crippen LogP contribution in [0.1, 0.15) is 34.1 Å². The second-order valence-electron chi connectivity index (χ2n) is 4.33. The van der Waals surface area contributed by atoms with E-state index in [-0.39, 0.29) is 0 Å². The lowest BCUT2D eigenvalue weighted by molar-refractivity contribution is 0.282. The Bertz CT molecular complexity index is 226. The largest absolute Gasteiger partial charge is 0.361 e. The maximum absolute atomic E-state index is 4.54. The lowest BCUT2D eigenvalue weighted by Crippen LogP contribution is -2.40. The summed E-state index contributed by atoms with van der Waals surface area (Å²) in [5, 5.41) is 5.36. The number of nitrogens with zero attached hydrogens (tertiary/aromatic N) is 2. The number of thioether (sulfide) groups is 1. The summed E-state index contributed by atoms with van der Waals surface area (Å²) in [5.74, 6) is 0. The van der Waals surface area contributed by atoms with Crippen molar-refractivity contribution in [2.45, 2.75) is 45.4 Å². The van der Waals surface area contributed by atoms with Gasteiger partial charge in [-0.2, -0.15) is 0 Å². The van der Waals surface area contributed by atoms with Crippen molar-refractivity contribution in [2.24, 2.45) is 4.99 Å². The van der Waals surface area contributed by atoms with Gasteiger partial charge in [0.1, 0.15) is 0 Å². The molecule has 94 valence electrons. The van der Waals surface area contributed by atoms with Crippen LogP contribution in [-0.4, -0.2) is 47.5 Å². The zero-order valence-electron chi connectivity index (χ0n) is 11.0. The lowest BCUT2D eigenvalue weighted by Gasteiger charge is -2.23. The quantitative estimate of drug-likeness (QED) is 0.775. The Morgan fingerprint density at radius 2 is 2.12 bits per heavy atom. The molecule has 1 aliphatic rings. The highest BCUT2D eigenvalue weighted by Crippen LogP contribution is 2.22. The molecule has 0 saturated heterocycles. The molecular weight excluding hydrogens is 218 g/mol. The van der Waals surface area contributed by atoms with Crippen LogP contribution in [0.5, 0.6) is 0 Å². The molecule has 16 heavy (non-hydrogen) atoms. The fourth-order valence-electron chi connectivity index (χ4n) is 1.83. The maximum Gasteiger partial charge on any atom is 0.157 e. The van der Waals surface area contributed by atoms with Crippen LogP contribution in [0.15, 0.2) is 4.99 Å². The molecule has 4 heteroatoms.